The number of nitrogens with zero attached hydrogens (tertiary/aromatic N) is 3. The van der Waals surface area contributed by atoms with Crippen LogP contribution in [0.2, 0.25) is 0 Å². The molecule has 1 saturated heterocycles. The van der Waals surface area contributed by atoms with Gasteiger partial charge >= 0.3 is 0 Å². The normalized spacial score (nSPS) is 16.7. The number of likely N-dealkylation sites (tertiary alicyclic amines) is 1. The Labute approximate surface area is 198 Å². The first-order valence-corrected chi connectivity index (χ1v) is 12.5. The van der Waals surface area contributed by atoms with Crippen LogP contribution in [0.15, 0.2) is 52.5 Å². The molecule has 7 heteroatoms. The molecule has 2 aliphatic heterocycles. The third-order valence-electron chi connectivity index (χ3n) is 6.63. The average Bonchev–Trinajstić information content (AvgIpc) is 3.24. The van der Waals surface area contributed by atoms with Crippen LogP contribution >= 0.6 is 11.8 Å². The number of halogens is 1. The van der Waals surface area contributed by atoms with Gasteiger partial charge in [-0.2, -0.15) is 0 Å². The first kappa shape index (κ1) is 22.2. The number of imidazole rings is 1. The molecule has 0 radical (unpaired) electrons. The van der Waals surface area contributed by atoms with Gasteiger partial charge in [-0.25, -0.2) is 9.37 Å². The Balaban J connectivity index is 1.05. The van der Waals surface area contributed by atoms with Gasteiger partial charge in [-0.1, -0.05) is 30.0 Å². The molecule has 1 N–H and O–H groups in total. The van der Waals surface area contributed by atoms with Crippen LogP contribution in [0.3, 0.4) is 0 Å². The lowest BCUT2D eigenvalue weighted by atomic mass is 9.96. The number of carbonyl (C=O) groups excluding carboxylic acids is 1. The molecule has 1 amide bonds. The van der Waals surface area contributed by atoms with Gasteiger partial charge in [0.1, 0.15) is 11.5 Å². The lowest BCUT2D eigenvalue weighted by Gasteiger charge is -2.32. The fourth-order valence-corrected chi connectivity index (χ4v) is 5.69. The molecule has 3 aromatic rings. The summed E-state index contributed by atoms with van der Waals surface area (Å²) in [6, 6.07) is 11.5. The lowest BCUT2D eigenvalue weighted by molar-refractivity contribution is -0.117. The van der Waals surface area contributed by atoms with Crippen LogP contribution in [-0.2, 0) is 11.2 Å². The number of benzene rings is 1. The Bertz CT molecular complexity index is 1200. The van der Waals surface area contributed by atoms with Crippen molar-refractivity contribution in [3.05, 3.63) is 70.1 Å². The number of hydrogen-bond donors (Lipinski definition) is 1. The average molecular weight is 465 g/mol. The Hall–Kier alpha value is -2.64. The van der Waals surface area contributed by atoms with Gasteiger partial charge < -0.3 is 10.2 Å². The zero-order valence-electron chi connectivity index (χ0n) is 18.9. The summed E-state index contributed by atoms with van der Waals surface area (Å²) >= 11 is 1.50. The van der Waals surface area contributed by atoms with Gasteiger partial charge in [0.25, 0.3) is 5.91 Å². The molecule has 0 atom stereocenters. The minimum absolute atomic E-state index is 0.00740. The minimum atomic E-state index is -0.0863. The number of aryl methyl sites for hydroxylation is 2. The fourth-order valence-electron chi connectivity index (χ4n) is 4.69. The Morgan fingerprint density at radius 3 is 2.91 bits per heavy atom. The highest BCUT2D eigenvalue weighted by molar-refractivity contribution is 8.04. The molecule has 0 bridgehead atoms. The van der Waals surface area contributed by atoms with Gasteiger partial charge in [0.2, 0.25) is 0 Å². The van der Waals surface area contributed by atoms with Crippen molar-refractivity contribution >= 4 is 29.4 Å². The molecule has 2 aromatic heterocycles. The standard InChI is InChI=1S/C26H29FN4OS/c1-18-7-8-20(22(27)14-18)4-3-11-30-12-9-19(10-13-30)16-29-26(32)23-15-21-17-28-24-5-2-6-25(33-23)31(21)24/h2,5-8,14-15,17,19H,3-4,9-13,16H2,1H3,(H,29,32). The maximum absolute atomic E-state index is 14.0. The largest absolute Gasteiger partial charge is 0.351 e. The van der Waals surface area contributed by atoms with E-state index in [-0.39, 0.29) is 11.7 Å². The predicted molar refractivity (Wildman–Crippen MR) is 131 cm³/mol. The molecule has 5 nitrogen and oxygen atoms in total. The minimum Gasteiger partial charge on any atom is -0.351 e. The molecular formula is C26H29FN4OS. The summed E-state index contributed by atoms with van der Waals surface area (Å²) in [5.74, 6) is 0.409. The van der Waals surface area contributed by atoms with Crippen molar-refractivity contribution in [1.82, 2.24) is 19.6 Å². The maximum atomic E-state index is 14.0. The third kappa shape index (κ3) is 4.99. The van der Waals surface area contributed by atoms with E-state index < -0.39 is 0 Å². The Morgan fingerprint density at radius 1 is 1.24 bits per heavy atom. The summed E-state index contributed by atoms with van der Waals surface area (Å²) in [5.41, 5.74) is 3.63. The molecule has 0 unspecified atom stereocenters. The van der Waals surface area contributed by atoms with E-state index in [1.165, 1.54) is 11.8 Å². The van der Waals surface area contributed by atoms with Crippen LogP contribution in [-0.4, -0.2) is 46.4 Å². The monoisotopic (exact) mass is 464 g/mol. The van der Waals surface area contributed by atoms with E-state index in [2.05, 4.69) is 19.6 Å². The second-order valence-electron chi connectivity index (χ2n) is 9.04. The highest BCUT2D eigenvalue weighted by Gasteiger charge is 2.23. The molecule has 33 heavy (non-hydrogen) atoms. The predicted octanol–water partition coefficient (Wildman–Crippen LogP) is 4.69. The van der Waals surface area contributed by atoms with E-state index in [4.69, 9.17) is 0 Å². The summed E-state index contributed by atoms with van der Waals surface area (Å²) in [6.45, 7) is 5.70. The molecule has 0 aliphatic carbocycles. The number of hydrogen-bond acceptors (Lipinski definition) is 4. The van der Waals surface area contributed by atoms with Gasteiger partial charge in [-0.05, 0) is 93.6 Å². The number of amides is 1. The van der Waals surface area contributed by atoms with Crippen LogP contribution in [0.25, 0.3) is 11.7 Å². The Morgan fingerprint density at radius 2 is 2.09 bits per heavy atom. The Kier molecular flexibility index (Phi) is 6.51. The van der Waals surface area contributed by atoms with E-state index in [9.17, 15) is 9.18 Å². The molecule has 1 aromatic carbocycles. The number of nitrogens with one attached hydrogen (secondary N) is 1. The van der Waals surface area contributed by atoms with Gasteiger partial charge in [0.05, 0.1) is 21.8 Å². The highest BCUT2D eigenvalue weighted by atomic mass is 32.2. The summed E-state index contributed by atoms with van der Waals surface area (Å²) in [7, 11) is 0. The zero-order chi connectivity index (χ0) is 22.8. The molecule has 0 spiro atoms. The van der Waals surface area contributed by atoms with E-state index in [0.717, 1.165) is 77.7 Å². The van der Waals surface area contributed by atoms with E-state index in [1.54, 1.807) is 6.07 Å². The molecule has 5 rings (SSSR count). The zero-order valence-corrected chi connectivity index (χ0v) is 19.7. The van der Waals surface area contributed by atoms with Crippen molar-refractivity contribution in [3.63, 3.8) is 0 Å². The van der Waals surface area contributed by atoms with Gasteiger partial charge in [0, 0.05) is 6.54 Å². The molecule has 0 saturated carbocycles. The van der Waals surface area contributed by atoms with Gasteiger partial charge in [0.15, 0.2) is 0 Å². The highest BCUT2D eigenvalue weighted by Crippen LogP contribution is 2.34. The van der Waals surface area contributed by atoms with Gasteiger partial charge in [-0.3, -0.25) is 9.20 Å². The van der Waals surface area contributed by atoms with E-state index >= 15 is 0 Å². The van der Waals surface area contributed by atoms with E-state index in [0.29, 0.717) is 12.5 Å². The van der Waals surface area contributed by atoms with Crippen LogP contribution in [0, 0.1) is 18.7 Å². The third-order valence-corrected chi connectivity index (χ3v) is 7.68. The quantitative estimate of drug-likeness (QED) is 0.551. The molecule has 4 heterocycles. The summed E-state index contributed by atoms with van der Waals surface area (Å²) in [5, 5.41) is 4.17. The maximum Gasteiger partial charge on any atom is 0.258 e. The van der Waals surface area contributed by atoms with Crippen LogP contribution < -0.4 is 5.32 Å². The molecule has 1 fully saturated rings. The number of pyridine rings is 1. The smallest absolute Gasteiger partial charge is 0.258 e. The number of piperidine rings is 1. The second-order valence-corrected chi connectivity index (χ2v) is 10.1. The number of aromatic nitrogens is 2. The van der Waals surface area contributed by atoms with Crippen molar-refractivity contribution in [2.45, 2.75) is 37.6 Å². The summed E-state index contributed by atoms with van der Waals surface area (Å²) < 4.78 is 16.1. The molecule has 2 aliphatic rings. The van der Waals surface area contributed by atoms with Crippen LogP contribution in [0.4, 0.5) is 4.39 Å². The summed E-state index contributed by atoms with van der Waals surface area (Å²) in [6.07, 6.45) is 7.65. The number of rotatable bonds is 7. The summed E-state index contributed by atoms with van der Waals surface area (Å²) in [4.78, 5) is 20.4. The van der Waals surface area contributed by atoms with E-state index in [1.807, 2.05) is 49.5 Å². The second kappa shape index (κ2) is 9.69. The topological polar surface area (TPSA) is 49.6 Å². The van der Waals surface area contributed by atoms with Gasteiger partial charge in [-0.15, -0.1) is 0 Å². The van der Waals surface area contributed by atoms with Crippen molar-refractivity contribution in [3.8, 4) is 0 Å². The fraction of sp³-hybridized carbons (Fsp3) is 0.385. The number of thioether (sulfide) groups is 1. The van der Waals surface area contributed by atoms with Crippen LogP contribution in [0.5, 0.6) is 0 Å². The van der Waals surface area contributed by atoms with Crippen LogP contribution in [0.1, 0.15) is 36.1 Å². The van der Waals surface area contributed by atoms with Crippen molar-refractivity contribution in [2.75, 3.05) is 26.2 Å². The lowest BCUT2D eigenvalue weighted by Crippen LogP contribution is -2.39. The van der Waals surface area contributed by atoms with Crippen molar-refractivity contribution < 1.29 is 9.18 Å². The number of carbonyl (C=O) groups is 1. The molecule has 172 valence electrons. The molecular weight excluding hydrogens is 435 g/mol. The first-order valence-electron chi connectivity index (χ1n) is 11.7. The SMILES string of the molecule is Cc1ccc(CCCN2CCC(CNC(=O)C3=Cc4cnc5cccc(n45)S3)CC2)c(F)c1. The van der Waals surface area contributed by atoms with Crippen molar-refractivity contribution in [2.24, 2.45) is 5.92 Å². The first-order chi connectivity index (χ1) is 16.1. The van der Waals surface area contributed by atoms with Crippen molar-refractivity contribution in [1.29, 1.82) is 0 Å².